The second kappa shape index (κ2) is 6.54. The molecule has 0 unspecified atom stereocenters. The van der Waals surface area contributed by atoms with Crippen LogP contribution in [0.2, 0.25) is 0 Å². The Kier molecular flexibility index (Phi) is 4.29. The van der Waals surface area contributed by atoms with Crippen molar-refractivity contribution in [2.45, 2.75) is 0 Å². The first-order valence-corrected chi connectivity index (χ1v) is 7.40. The number of furan rings is 1. The van der Waals surface area contributed by atoms with Crippen molar-refractivity contribution < 1.29 is 13.9 Å². The number of hydrogen-bond donors (Lipinski definition) is 1. The van der Waals surface area contributed by atoms with Crippen LogP contribution in [0.15, 0.2) is 58.1 Å². The summed E-state index contributed by atoms with van der Waals surface area (Å²) < 4.78 is 16.6. The number of aliphatic imine (C=N–C) groups is 1. The van der Waals surface area contributed by atoms with E-state index >= 15 is 0 Å². The molecule has 1 heterocycles. The summed E-state index contributed by atoms with van der Waals surface area (Å²) >= 11 is 0. The molecule has 0 saturated heterocycles. The Bertz CT molecular complexity index is 886. The molecule has 2 N–H and O–H groups in total. The molecule has 124 valence electrons. The zero-order valence-corrected chi connectivity index (χ0v) is 13.8. The van der Waals surface area contributed by atoms with Crippen LogP contribution in [-0.2, 0) is 0 Å². The van der Waals surface area contributed by atoms with Crippen LogP contribution in [0, 0.1) is 0 Å². The molecule has 24 heavy (non-hydrogen) atoms. The highest BCUT2D eigenvalue weighted by Crippen LogP contribution is 2.40. The van der Waals surface area contributed by atoms with Crippen LogP contribution in [0.1, 0.15) is 0 Å². The Morgan fingerprint density at radius 3 is 2.62 bits per heavy atom. The number of benzene rings is 2. The van der Waals surface area contributed by atoms with Gasteiger partial charge in [-0.2, -0.15) is 0 Å². The summed E-state index contributed by atoms with van der Waals surface area (Å²) in [4.78, 5) is 5.83. The van der Waals surface area contributed by atoms with Gasteiger partial charge in [0.25, 0.3) is 0 Å². The Hall–Kier alpha value is -3.15. The summed E-state index contributed by atoms with van der Waals surface area (Å²) in [6.07, 6.45) is 1.69. The second-order valence-electron chi connectivity index (χ2n) is 5.08. The smallest absolute Gasteiger partial charge is 0.214 e. The molecule has 0 bridgehead atoms. The molecular weight excluding hydrogens is 306 g/mol. The maximum absolute atomic E-state index is 6.17. The number of fused-ring (bicyclic) bond motifs is 1. The molecule has 0 fully saturated rings. The summed E-state index contributed by atoms with van der Waals surface area (Å²) in [5.74, 6) is 2.15. The fourth-order valence-corrected chi connectivity index (χ4v) is 2.56. The van der Waals surface area contributed by atoms with E-state index in [1.165, 1.54) is 0 Å². The van der Waals surface area contributed by atoms with Crippen LogP contribution in [0.5, 0.6) is 11.5 Å². The maximum atomic E-state index is 6.17. The van der Waals surface area contributed by atoms with Crippen LogP contribution >= 0.6 is 0 Å². The molecule has 6 heteroatoms. The van der Waals surface area contributed by atoms with Crippen molar-refractivity contribution in [3.8, 4) is 11.5 Å². The molecule has 0 amide bonds. The zero-order chi connectivity index (χ0) is 17.1. The second-order valence-corrected chi connectivity index (χ2v) is 5.08. The molecule has 0 spiro atoms. The fraction of sp³-hybridized carbons (Fsp3) is 0.167. The Balaban J connectivity index is 2.25. The van der Waals surface area contributed by atoms with E-state index in [9.17, 15) is 0 Å². The van der Waals surface area contributed by atoms with Crippen molar-refractivity contribution in [2.24, 2.45) is 10.7 Å². The van der Waals surface area contributed by atoms with E-state index in [2.05, 4.69) is 4.99 Å². The summed E-state index contributed by atoms with van der Waals surface area (Å²) in [6, 6.07) is 13.3. The maximum Gasteiger partial charge on any atom is 0.214 e. The predicted octanol–water partition coefficient (Wildman–Crippen LogP) is 3.53. The molecule has 3 rings (SSSR count). The summed E-state index contributed by atoms with van der Waals surface area (Å²) in [7, 11) is 4.83. The molecular formula is C18H19N3O3. The molecule has 0 radical (unpaired) electrons. The molecule has 1 aromatic heterocycles. The molecule has 0 saturated carbocycles. The Labute approximate surface area is 140 Å². The van der Waals surface area contributed by atoms with Gasteiger partial charge in [-0.25, -0.2) is 4.90 Å². The van der Waals surface area contributed by atoms with Crippen molar-refractivity contribution in [3.63, 3.8) is 0 Å². The number of guanidine groups is 1. The Morgan fingerprint density at radius 2 is 1.92 bits per heavy atom. The lowest BCUT2D eigenvalue weighted by Gasteiger charge is -2.23. The van der Waals surface area contributed by atoms with Crippen molar-refractivity contribution >= 4 is 28.3 Å². The molecule has 3 aromatic rings. The van der Waals surface area contributed by atoms with Gasteiger partial charge in [-0.05, 0) is 18.2 Å². The minimum Gasteiger partial charge on any atom is -0.497 e. The standard InChI is InChI=1S/C18H19N3O3/c1-20-18(19)21(15-10-13(22-2)8-9-16(15)23-3)17-14-7-5-4-6-12(14)11-24-17/h4-11H,1-3H3,(H2,19,20). The molecule has 6 nitrogen and oxygen atoms in total. The number of rotatable bonds is 4. The third kappa shape index (κ3) is 2.62. The quantitative estimate of drug-likeness (QED) is 0.587. The SMILES string of the molecule is CN=C(N)N(c1cc(OC)ccc1OC)c1occ2ccccc12. The first-order chi connectivity index (χ1) is 11.7. The number of nitrogens with zero attached hydrogens (tertiary/aromatic N) is 2. The van der Waals surface area contributed by atoms with Crippen LogP contribution in [-0.4, -0.2) is 27.2 Å². The number of ether oxygens (including phenoxy) is 2. The van der Waals surface area contributed by atoms with Gasteiger partial charge < -0.3 is 19.6 Å². The van der Waals surface area contributed by atoms with E-state index in [0.717, 1.165) is 10.8 Å². The summed E-state index contributed by atoms with van der Waals surface area (Å²) in [6.45, 7) is 0. The molecule has 0 atom stereocenters. The summed E-state index contributed by atoms with van der Waals surface area (Å²) in [5, 5.41) is 1.90. The first kappa shape index (κ1) is 15.7. The number of hydrogen-bond acceptors (Lipinski definition) is 4. The van der Waals surface area contributed by atoms with Crippen molar-refractivity contribution in [3.05, 3.63) is 48.7 Å². The third-order valence-corrected chi connectivity index (χ3v) is 3.78. The molecule has 2 aromatic carbocycles. The van der Waals surface area contributed by atoms with Crippen LogP contribution < -0.4 is 20.1 Å². The van der Waals surface area contributed by atoms with E-state index in [4.69, 9.17) is 19.6 Å². The van der Waals surface area contributed by atoms with Gasteiger partial charge in [0, 0.05) is 23.9 Å². The van der Waals surface area contributed by atoms with E-state index in [1.54, 1.807) is 32.4 Å². The highest BCUT2D eigenvalue weighted by Gasteiger charge is 2.23. The lowest BCUT2D eigenvalue weighted by Crippen LogP contribution is -2.33. The van der Waals surface area contributed by atoms with Crippen LogP contribution in [0.4, 0.5) is 11.6 Å². The average Bonchev–Trinajstić information content (AvgIpc) is 3.05. The van der Waals surface area contributed by atoms with E-state index in [1.807, 2.05) is 42.5 Å². The van der Waals surface area contributed by atoms with Gasteiger partial charge in [0.05, 0.1) is 19.9 Å². The number of nitrogens with two attached hydrogens (primary N) is 1. The van der Waals surface area contributed by atoms with Crippen molar-refractivity contribution in [1.82, 2.24) is 0 Å². The molecule has 0 aliphatic heterocycles. The van der Waals surface area contributed by atoms with Crippen LogP contribution in [0.25, 0.3) is 10.8 Å². The monoisotopic (exact) mass is 325 g/mol. The van der Waals surface area contributed by atoms with Gasteiger partial charge >= 0.3 is 0 Å². The highest BCUT2D eigenvalue weighted by molar-refractivity contribution is 6.08. The van der Waals surface area contributed by atoms with Gasteiger partial charge in [0.2, 0.25) is 11.8 Å². The summed E-state index contributed by atoms with van der Waals surface area (Å²) in [5.41, 5.74) is 6.85. The highest BCUT2D eigenvalue weighted by atomic mass is 16.5. The predicted molar refractivity (Wildman–Crippen MR) is 95.4 cm³/mol. The van der Waals surface area contributed by atoms with E-state index in [-0.39, 0.29) is 5.96 Å². The minimum absolute atomic E-state index is 0.279. The molecule has 0 aliphatic carbocycles. The number of anilines is 2. The first-order valence-electron chi connectivity index (χ1n) is 7.40. The van der Waals surface area contributed by atoms with Crippen molar-refractivity contribution in [2.75, 3.05) is 26.2 Å². The van der Waals surface area contributed by atoms with Gasteiger partial charge in [-0.3, -0.25) is 4.99 Å². The largest absolute Gasteiger partial charge is 0.497 e. The average molecular weight is 325 g/mol. The lowest BCUT2D eigenvalue weighted by atomic mass is 10.2. The van der Waals surface area contributed by atoms with Gasteiger partial charge in [0.1, 0.15) is 17.8 Å². The van der Waals surface area contributed by atoms with Gasteiger partial charge in [-0.1, -0.05) is 18.2 Å². The molecule has 0 aliphatic rings. The topological polar surface area (TPSA) is 73.2 Å². The zero-order valence-electron chi connectivity index (χ0n) is 13.8. The van der Waals surface area contributed by atoms with Crippen molar-refractivity contribution in [1.29, 1.82) is 0 Å². The van der Waals surface area contributed by atoms with Gasteiger partial charge in [0.15, 0.2) is 0 Å². The van der Waals surface area contributed by atoms with Gasteiger partial charge in [-0.15, -0.1) is 0 Å². The fourth-order valence-electron chi connectivity index (χ4n) is 2.56. The number of methoxy groups -OCH3 is 2. The third-order valence-electron chi connectivity index (χ3n) is 3.78. The normalized spacial score (nSPS) is 11.5. The van der Waals surface area contributed by atoms with Crippen LogP contribution in [0.3, 0.4) is 0 Å². The Morgan fingerprint density at radius 1 is 1.12 bits per heavy atom. The van der Waals surface area contributed by atoms with E-state index in [0.29, 0.717) is 23.1 Å². The lowest BCUT2D eigenvalue weighted by molar-refractivity contribution is 0.404. The minimum atomic E-state index is 0.279. The van der Waals surface area contributed by atoms with E-state index < -0.39 is 0 Å².